The van der Waals surface area contributed by atoms with E-state index in [0.29, 0.717) is 5.92 Å². The average Bonchev–Trinajstić information content (AvgIpc) is 2.58. The number of piperidine rings is 2. The summed E-state index contributed by atoms with van der Waals surface area (Å²) in [5.74, 6) is -2.15. The number of carbonyl (C=O) groups excluding carboxylic acids is 2. The van der Waals surface area contributed by atoms with Gasteiger partial charge >= 0.3 is 0 Å². The first-order valence-corrected chi connectivity index (χ1v) is 9.07. The van der Waals surface area contributed by atoms with Gasteiger partial charge in [0.25, 0.3) is 0 Å². The summed E-state index contributed by atoms with van der Waals surface area (Å²) >= 11 is 0. The van der Waals surface area contributed by atoms with Gasteiger partial charge in [-0.05, 0) is 31.2 Å². The van der Waals surface area contributed by atoms with Crippen molar-refractivity contribution < 1.29 is 18.4 Å². The van der Waals surface area contributed by atoms with Gasteiger partial charge in [0.1, 0.15) is 11.6 Å². The Morgan fingerprint density at radius 1 is 1.12 bits per heavy atom. The van der Waals surface area contributed by atoms with Crippen LogP contribution in [0.15, 0.2) is 12.1 Å². The molecule has 0 radical (unpaired) electrons. The number of nitrogens with zero attached hydrogens (tertiary/aromatic N) is 1. The first-order valence-electron chi connectivity index (χ1n) is 9.07. The lowest BCUT2D eigenvalue weighted by Crippen LogP contribution is -2.40. The van der Waals surface area contributed by atoms with Crippen molar-refractivity contribution in [3.05, 3.63) is 29.3 Å². The van der Waals surface area contributed by atoms with Gasteiger partial charge in [0.2, 0.25) is 11.8 Å². The molecule has 0 aromatic heterocycles. The molecule has 2 fully saturated rings. The molecule has 2 heterocycles. The van der Waals surface area contributed by atoms with E-state index in [0.717, 1.165) is 38.4 Å². The maximum absolute atomic E-state index is 14.6. The van der Waals surface area contributed by atoms with Crippen LogP contribution >= 0.6 is 0 Å². The van der Waals surface area contributed by atoms with Crippen LogP contribution < -0.4 is 10.2 Å². The minimum absolute atomic E-state index is 0.0344. The van der Waals surface area contributed by atoms with Gasteiger partial charge in [-0.25, -0.2) is 8.78 Å². The van der Waals surface area contributed by atoms with Crippen LogP contribution in [0.4, 0.5) is 14.5 Å². The third kappa shape index (κ3) is 3.83. The second-order valence-electron chi connectivity index (χ2n) is 7.05. The number of anilines is 1. The standard InChI is InChI=1S/C19H24F2N2O2/c1-2-3-12-6-8-23(9-7-12)17-11-15(20)14(10-16(17)21)13-4-5-18(24)22-19(13)25/h10-13H,2-9H2,1H3,(H,22,24,25). The maximum Gasteiger partial charge on any atom is 0.234 e. The Kier molecular flexibility index (Phi) is 5.35. The SMILES string of the molecule is CCCC1CCN(c2cc(F)c(C3CCC(=O)NC3=O)cc2F)CC1. The highest BCUT2D eigenvalue weighted by molar-refractivity contribution is 6.01. The monoisotopic (exact) mass is 350 g/mol. The highest BCUT2D eigenvalue weighted by Gasteiger charge is 2.31. The zero-order valence-corrected chi connectivity index (χ0v) is 14.5. The van der Waals surface area contributed by atoms with Crippen molar-refractivity contribution in [3.63, 3.8) is 0 Å². The number of amides is 2. The number of carbonyl (C=O) groups is 2. The van der Waals surface area contributed by atoms with E-state index in [2.05, 4.69) is 12.2 Å². The van der Waals surface area contributed by atoms with Gasteiger partial charge in [0.15, 0.2) is 0 Å². The Bertz CT molecular complexity index is 670. The van der Waals surface area contributed by atoms with Crippen LogP contribution in [-0.4, -0.2) is 24.9 Å². The van der Waals surface area contributed by atoms with E-state index in [4.69, 9.17) is 0 Å². The van der Waals surface area contributed by atoms with Crippen molar-refractivity contribution in [3.8, 4) is 0 Å². The second-order valence-corrected chi connectivity index (χ2v) is 7.05. The van der Waals surface area contributed by atoms with Gasteiger partial charge in [-0.3, -0.25) is 14.9 Å². The van der Waals surface area contributed by atoms with Crippen LogP contribution in [0.25, 0.3) is 0 Å². The van der Waals surface area contributed by atoms with Crippen LogP contribution in [0, 0.1) is 17.6 Å². The lowest BCUT2D eigenvalue weighted by Gasteiger charge is -2.34. The lowest BCUT2D eigenvalue weighted by atomic mass is 9.89. The van der Waals surface area contributed by atoms with Gasteiger partial charge < -0.3 is 4.90 Å². The molecule has 2 saturated heterocycles. The normalized spacial score (nSPS) is 22.2. The van der Waals surface area contributed by atoms with Crippen molar-refractivity contribution in [1.29, 1.82) is 0 Å². The van der Waals surface area contributed by atoms with Crippen LogP contribution in [0.5, 0.6) is 0 Å². The minimum Gasteiger partial charge on any atom is -0.369 e. The molecule has 25 heavy (non-hydrogen) atoms. The van der Waals surface area contributed by atoms with Crippen molar-refractivity contribution in [2.75, 3.05) is 18.0 Å². The molecule has 2 amide bonds. The van der Waals surface area contributed by atoms with E-state index in [9.17, 15) is 18.4 Å². The largest absolute Gasteiger partial charge is 0.369 e. The van der Waals surface area contributed by atoms with Crippen LogP contribution in [-0.2, 0) is 9.59 Å². The quantitative estimate of drug-likeness (QED) is 0.846. The van der Waals surface area contributed by atoms with Gasteiger partial charge in [-0.15, -0.1) is 0 Å². The Balaban J connectivity index is 1.77. The van der Waals surface area contributed by atoms with Crippen LogP contribution in [0.2, 0.25) is 0 Å². The zero-order chi connectivity index (χ0) is 18.0. The highest BCUT2D eigenvalue weighted by atomic mass is 19.1. The van der Waals surface area contributed by atoms with Gasteiger partial charge in [0, 0.05) is 31.1 Å². The molecule has 4 nitrogen and oxygen atoms in total. The van der Waals surface area contributed by atoms with Crippen molar-refractivity contribution in [2.24, 2.45) is 5.92 Å². The summed E-state index contributed by atoms with van der Waals surface area (Å²) in [6, 6.07) is 2.33. The van der Waals surface area contributed by atoms with Crippen molar-refractivity contribution in [2.45, 2.75) is 51.4 Å². The topological polar surface area (TPSA) is 49.4 Å². The summed E-state index contributed by atoms with van der Waals surface area (Å²) in [4.78, 5) is 25.0. The summed E-state index contributed by atoms with van der Waals surface area (Å²) in [5.41, 5.74) is 0.301. The number of benzene rings is 1. The fourth-order valence-corrected chi connectivity index (χ4v) is 3.92. The van der Waals surface area contributed by atoms with Crippen molar-refractivity contribution in [1.82, 2.24) is 5.32 Å². The molecule has 0 spiro atoms. The molecule has 6 heteroatoms. The van der Waals surface area contributed by atoms with E-state index >= 15 is 0 Å². The van der Waals surface area contributed by atoms with E-state index in [1.807, 2.05) is 4.90 Å². The molecule has 0 saturated carbocycles. The zero-order valence-electron chi connectivity index (χ0n) is 14.5. The van der Waals surface area contributed by atoms with E-state index in [1.165, 1.54) is 12.5 Å². The van der Waals surface area contributed by atoms with E-state index in [1.54, 1.807) is 0 Å². The number of hydrogen-bond donors (Lipinski definition) is 1. The minimum atomic E-state index is -0.809. The Morgan fingerprint density at radius 3 is 2.48 bits per heavy atom. The summed E-state index contributed by atoms with van der Waals surface area (Å²) in [6.45, 7) is 3.60. The number of hydrogen-bond acceptors (Lipinski definition) is 3. The summed E-state index contributed by atoms with van der Waals surface area (Å²) in [6.07, 6.45) is 4.66. The molecule has 1 atom stereocenters. The van der Waals surface area contributed by atoms with Crippen LogP contribution in [0.3, 0.4) is 0 Å². The third-order valence-electron chi connectivity index (χ3n) is 5.33. The molecule has 3 rings (SSSR count). The Hall–Kier alpha value is -1.98. The molecular formula is C19H24F2N2O2. The molecule has 1 aromatic carbocycles. The first kappa shape index (κ1) is 17.8. The molecular weight excluding hydrogens is 326 g/mol. The Labute approximate surface area is 146 Å². The maximum atomic E-state index is 14.6. The third-order valence-corrected chi connectivity index (χ3v) is 5.33. The van der Waals surface area contributed by atoms with Crippen molar-refractivity contribution >= 4 is 17.5 Å². The first-order chi connectivity index (χ1) is 12.0. The number of halogens is 2. The molecule has 1 N–H and O–H groups in total. The van der Waals surface area contributed by atoms with Crippen LogP contribution in [0.1, 0.15) is 56.9 Å². The highest BCUT2D eigenvalue weighted by Crippen LogP contribution is 2.33. The number of nitrogens with one attached hydrogen (secondary N) is 1. The fraction of sp³-hybridized carbons (Fsp3) is 0.579. The summed E-state index contributed by atoms with van der Waals surface area (Å²) in [5, 5.41) is 2.19. The van der Waals surface area contributed by atoms with E-state index in [-0.39, 0.29) is 30.0 Å². The van der Waals surface area contributed by atoms with Gasteiger partial charge in [-0.1, -0.05) is 19.8 Å². The summed E-state index contributed by atoms with van der Waals surface area (Å²) in [7, 11) is 0. The number of imide groups is 1. The average molecular weight is 350 g/mol. The lowest BCUT2D eigenvalue weighted by molar-refractivity contribution is -0.134. The molecule has 0 bridgehead atoms. The smallest absolute Gasteiger partial charge is 0.234 e. The molecule has 2 aliphatic rings. The number of rotatable bonds is 4. The fourth-order valence-electron chi connectivity index (χ4n) is 3.92. The van der Waals surface area contributed by atoms with Gasteiger partial charge in [0.05, 0.1) is 11.6 Å². The Morgan fingerprint density at radius 2 is 1.84 bits per heavy atom. The molecule has 0 aliphatic carbocycles. The summed E-state index contributed by atoms with van der Waals surface area (Å²) < 4.78 is 29.2. The predicted octanol–water partition coefficient (Wildman–Crippen LogP) is 3.50. The molecule has 136 valence electrons. The van der Waals surface area contributed by atoms with E-state index < -0.39 is 23.5 Å². The van der Waals surface area contributed by atoms with Gasteiger partial charge in [-0.2, -0.15) is 0 Å². The second kappa shape index (κ2) is 7.50. The predicted molar refractivity (Wildman–Crippen MR) is 91.3 cm³/mol. The molecule has 1 unspecified atom stereocenters. The molecule has 1 aromatic rings. The molecule has 2 aliphatic heterocycles.